The van der Waals surface area contributed by atoms with Crippen molar-refractivity contribution in [1.29, 1.82) is 0 Å². The Balaban J connectivity index is 1.80. The highest BCUT2D eigenvalue weighted by Crippen LogP contribution is 2.40. The van der Waals surface area contributed by atoms with Gasteiger partial charge in [-0.25, -0.2) is 4.90 Å². The Labute approximate surface area is 224 Å². The van der Waals surface area contributed by atoms with Crippen LogP contribution in [-0.2, 0) is 14.3 Å². The fourth-order valence-corrected chi connectivity index (χ4v) is 5.96. The van der Waals surface area contributed by atoms with Crippen LogP contribution in [0, 0.1) is 22.5 Å². The molecule has 0 spiro atoms. The summed E-state index contributed by atoms with van der Waals surface area (Å²) in [7, 11) is 1.50. The predicted molar refractivity (Wildman–Crippen MR) is 145 cm³/mol. The van der Waals surface area contributed by atoms with Crippen LogP contribution in [0.15, 0.2) is 58.0 Å². The van der Waals surface area contributed by atoms with E-state index in [9.17, 15) is 14.8 Å². The van der Waals surface area contributed by atoms with Crippen molar-refractivity contribution in [3.63, 3.8) is 0 Å². The Morgan fingerprint density at radius 3 is 2.72 bits per heavy atom. The molecular weight excluding hydrogens is 498 g/mol. The summed E-state index contributed by atoms with van der Waals surface area (Å²) in [6.07, 6.45) is 10.8. The van der Waals surface area contributed by atoms with Gasteiger partial charge in [0.25, 0.3) is 0 Å². The third kappa shape index (κ3) is 6.72. The normalized spacial score (nSPS) is 26.4. The molecule has 0 aromatic rings. The van der Waals surface area contributed by atoms with E-state index in [0.717, 1.165) is 24.2 Å². The van der Waals surface area contributed by atoms with Crippen LogP contribution in [0.25, 0.3) is 0 Å². The van der Waals surface area contributed by atoms with Crippen molar-refractivity contribution >= 4 is 35.4 Å². The third-order valence-electron chi connectivity index (χ3n) is 7.14. The van der Waals surface area contributed by atoms with Gasteiger partial charge < -0.3 is 15.0 Å². The molecule has 2 amide bonds. The standard InChI is InChI=1S/C27H38ClN3O4S/c1-7-20-23(15-30(34)16-24(20)35-6)31-25(32)14-21(26(31)33)22(13-8-17(2)28)29-36-19-11-9-18(10-12-19)27(3,4)5/h8,11,13,15,18,21-22,29-30H,2,7,9-10,12,14,16H2,1,3-6H3/b13-8-/t18-,21?,22+/m0/s1. The first-order valence-electron chi connectivity index (χ1n) is 12.5. The topological polar surface area (TPSA) is 86.1 Å². The number of carbonyl (C=O) groups is 2. The molecular formula is C27H38ClN3O4S. The van der Waals surface area contributed by atoms with Gasteiger partial charge in [-0.3, -0.25) is 14.3 Å². The summed E-state index contributed by atoms with van der Waals surface area (Å²) in [5, 5.41) is 12.5. The second-order valence-corrected chi connectivity index (χ2v) is 12.0. The molecule has 9 heteroatoms. The number of allylic oxidation sites excluding steroid dienone is 5. The van der Waals surface area contributed by atoms with E-state index in [1.807, 2.05) is 6.92 Å². The number of quaternary nitrogens is 1. The summed E-state index contributed by atoms with van der Waals surface area (Å²) in [5.74, 6) is -0.150. The number of likely N-dealkylation sites (tertiary alicyclic amines) is 1. The molecule has 2 N–H and O–H groups in total. The first-order valence-corrected chi connectivity index (χ1v) is 13.7. The average Bonchev–Trinajstić information content (AvgIpc) is 3.11. The molecule has 36 heavy (non-hydrogen) atoms. The SMILES string of the molecule is C=C(Cl)/C=C\[C@@H](NSC1=CC[C@H](C(C)(C)C)CC1)C1CC(=O)N(C2=C[N@H+]([O-])CC(OC)=C2CC)C1=O. The van der Waals surface area contributed by atoms with Gasteiger partial charge in [-0.05, 0) is 59.9 Å². The van der Waals surface area contributed by atoms with Crippen LogP contribution < -0.4 is 9.79 Å². The van der Waals surface area contributed by atoms with E-state index in [4.69, 9.17) is 16.3 Å². The lowest BCUT2D eigenvalue weighted by atomic mass is 9.74. The van der Waals surface area contributed by atoms with Gasteiger partial charge in [-0.1, -0.05) is 58.0 Å². The lowest BCUT2D eigenvalue weighted by Crippen LogP contribution is -3.03. The Hall–Kier alpha value is -1.84. The summed E-state index contributed by atoms with van der Waals surface area (Å²) in [6.45, 7) is 12.6. The summed E-state index contributed by atoms with van der Waals surface area (Å²) in [5.41, 5.74) is 1.32. The van der Waals surface area contributed by atoms with Crippen molar-refractivity contribution in [2.24, 2.45) is 17.3 Å². The Morgan fingerprint density at radius 1 is 1.44 bits per heavy atom. The molecule has 198 valence electrons. The van der Waals surface area contributed by atoms with Gasteiger partial charge in [0.1, 0.15) is 18.4 Å². The highest BCUT2D eigenvalue weighted by molar-refractivity contribution is 8.01. The van der Waals surface area contributed by atoms with E-state index in [1.165, 1.54) is 30.2 Å². The summed E-state index contributed by atoms with van der Waals surface area (Å²) in [4.78, 5) is 29.1. The number of hydrogen-bond donors (Lipinski definition) is 2. The molecule has 1 unspecified atom stereocenters. The van der Waals surface area contributed by atoms with Crippen LogP contribution in [0.2, 0.25) is 0 Å². The molecule has 1 fully saturated rings. The van der Waals surface area contributed by atoms with Crippen molar-refractivity contribution < 1.29 is 19.4 Å². The zero-order valence-corrected chi connectivity index (χ0v) is 23.4. The van der Waals surface area contributed by atoms with Crippen LogP contribution in [0.1, 0.15) is 59.8 Å². The van der Waals surface area contributed by atoms with Crippen LogP contribution in [0.5, 0.6) is 0 Å². The summed E-state index contributed by atoms with van der Waals surface area (Å²) in [6, 6.07) is -0.441. The molecule has 4 atom stereocenters. The Kier molecular flexibility index (Phi) is 9.68. The van der Waals surface area contributed by atoms with Crippen LogP contribution in [0.4, 0.5) is 0 Å². The summed E-state index contributed by atoms with van der Waals surface area (Å²) >= 11 is 7.49. The van der Waals surface area contributed by atoms with E-state index in [-0.39, 0.29) is 35.3 Å². The number of nitrogens with one attached hydrogen (secondary N) is 2. The van der Waals surface area contributed by atoms with Crippen LogP contribution in [-0.4, -0.2) is 36.4 Å². The number of imide groups is 1. The van der Waals surface area contributed by atoms with Crippen LogP contribution in [0.3, 0.4) is 0 Å². The Morgan fingerprint density at radius 2 is 2.17 bits per heavy atom. The van der Waals surface area contributed by atoms with E-state index in [0.29, 0.717) is 34.4 Å². The van der Waals surface area contributed by atoms with E-state index in [1.54, 1.807) is 12.2 Å². The zero-order chi connectivity index (χ0) is 26.6. The maximum Gasteiger partial charge on any atom is 0.239 e. The second-order valence-electron chi connectivity index (χ2n) is 10.6. The molecule has 2 aliphatic heterocycles. The van der Waals surface area contributed by atoms with Gasteiger partial charge in [0.2, 0.25) is 11.8 Å². The van der Waals surface area contributed by atoms with Crippen molar-refractivity contribution in [2.75, 3.05) is 13.7 Å². The van der Waals surface area contributed by atoms with Crippen molar-refractivity contribution in [2.45, 2.75) is 65.8 Å². The van der Waals surface area contributed by atoms with Crippen molar-refractivity contribution in [1.82, 2.24) is 9.62 Å². The van der Waals surface area contributed by atoms with E-state index in [2.05, 4.69) is 38.1 Å². The predicted octanol–water partition coefficient (Wildman–Crippen LogP) is 4.55. The van der Waals surface area contributed by atoms with Gasteiger partial charge in [0, 0.05) is 23.1 Å². The number of rotatable bonds is 9. The minimum atomic E-state index is -0.634. The maximum atomic E-state index is 13.6. The first kappa shape index (κ1) is 28.7. The largest absolute Gasteiger partial charge is 0.629 e. The minimum absolute atomic E-state index is 0.0339. The summed E-state index contributed by atoms with van der Waals surface area (Å²) < 4.78 is 8.82. The smallest absolute Gasteiger partial charge is 0.239 e. The molecule has 0 bridgehead atoms. The molecule has 0 saturated carbocycles. The minimum Gasteiger partial charge on any atom is -0.629 e. The lowest BCUT2D eigenvalue weighted by Gasteiger charge is -2.33. The van der Waals surface area contributed by atoms with Gasteiger partial charge in [-0.2, -0.15) is 0 Å². The van der Waals surface area contributed by atoms with Crippen LogP contribution >= 0.6 is 23.5 Å². The fraction of sp³-hybridized carbons (Fsp3) is 0.556. The van der Waals surface area contributed by atoms with Gasteiger partial charge in [0.15, 0.2) is 5.76 Å². The van der Waals surface area contributed by atoms with Crippen molar-refractivity contribution in [3.8, 4) is 0 Å². The molecule has 0 aromatic carbocycles. The van der Waals surface area contributed by atoms with E-state index >= 15 is 0 Å². The number of ether oxygens (including phenoxy) is 1. The van der Waals surface area contributed by atoms with Gasteiger partial charge in [-0.15, -0.1) is 0 Å². The molecule has 3 rings (SSSR count). The number of hydroxylamine groups is 2. The third-order valence-corrected chi connectivity index (χ3v) is 8.29. The molecule has 7 nitrogen and oxygen atoms in total. The number of carbonyl (C=O) groups excluding carboxylic acids is 2. The highest BCUT2D eigenvalue weighted by Gasteiger charge is 2.46. The fourth-order valence-electron chi connectivity index (χ4n) is 4.96. The van der Waals surface area contributed by atoms with E-state index < -0.39 is 12.0 Å². The van der Waals surface area contributed by atoms with Gasteiger partial charge >= 0.3 is 0 Å². The molecule has 1 aliphatic carbocycles. The van der Waals surface area contributed by atoms with Gasteiger partial charge in [0.05, 0.1) is 13.0 Å². The highest BCUT2D eigenvalue weighted by atomic mass is 35.5. The molecule has 0 radical (unpaired) electrons. The second kappa shape index (κ2) is 12.1. The number of amides is 2. The number of methoxy groups -OCH3 is 1. The number of hydrogen-bond acceptors (Lipinski definition) is 6. The molecule has 0 aromatic heterocycles. The maximum absolute atomic E-state index is 13.6. The molecule has 2 heterocycles. The quantitative estimate of drug-likeness (QED) is 0.195. The Bertz CT molecular complexity index is 1010. The first-order chi connectivity index (χ1) is 17.0. The molecule has 1 saturated heterocycles. The average molecular weight is 536 g/mol. The molecule has 3 aliphatic rings. The number of nitrogens with zero attached hydrogens (tertiary/aromatic N) is 1. The monoisotopic (exact) mass is 535 g/mol. The lowest BCUT2D eigenvalue weighted by molar-refractivity contribution is -0.789. The number of halogens is 1. The zero-order valence-electron chi connectivity index (χ0n) is 21.9. The van der Waals surface area contributed by atoms with Crippen molar-refractivity contribution in [3.05, 3.63) is 63.2 Å².